The Balaban J connectivity index is 4.01. The van der Waals surface area contributed by atoms with Gasteiger partial charge in [0.2, 0.25) is 0 Å². The zero-order valence-electron chi connectivity index (χ0n) is 7.03. The molecule has 0 saturated carbocycles. The van der Waals surface area contributed by atoms with Crippen molar-refractivity contribution in [3.05, 3.63) is 0 Å². The molecule has 0 aliphatic rings. The summed E-state index contributed by atoms with van der Waals surface area (Å²) in [5.74, 6) is 0. The number of hydrogen-bond acceptors (Lipinski definition) is 0. The second kappa shape index (κ2) is 3.06. The fourth-order valence-corrected chi connectivity index (χ4v) is 2.00. The highest BCUT2D eigenvalue weighted by Gasteiger charge is 2.32. The molecule has 0 N–H and O–H groups in total. The van der Waals surface area contributed by atoms with E-state index in [0.717, 1.165) is 0 Å². The number of halogens is 1. The highest BCUT2D eigenvalue weighted by atomic mass is 35.6. The molecule has 0 unspecified atom stereocenters. The van der Waals surface area contributed by atoms with Crippen LogP contribution in [0.2, 0.25) is 17.6 Å². The second-order valence-electron chi connectivity index (χ2n) is 3.46. The van der Waals surface area contributed by atoms with Gasteiger partial charge in [-0.2, -0.15) is 11.1 Å². The van der Waals surface area contributed by atoms with Crippen LogP contribution in [0.1, 0.15) is 27.7 Å². The molecule has 0 saturated heterocycles. The van der Waals surface area contributed by atoms with Crippen molar-refractivity contribution in [3.8, 4) is 0 Å². The summed E-state index contributed by atoms with van der Waals surface area (Å²) in [6.45, 7) is 11.1. The highest BCUT2D eigenvalue weighted by Crippen LogP contribution is 2.35. The summed E-state index contributed by atoms with van der Waals surface area (Å²) < 4.78 is 0. The molecule has 0 radical (unpaired) electrons. The van der Waals surface area contributed by atoms with E-state index in [2.05, 4.69) is 34.2 Å². The topological polar surface area (TPSA) is 0 Å². The van der Waals surface area contributed by atoms with Crippen LogP contribution in [-0.4, -0.2) is 7.38 Å². The van der Waals surface area contributed by atoms with E-state index in [1.807, 2.05) is 0 Å². The van der Waals surface area contributed by atoms with Crippen molar-refractivity contribution >= 4 is 18.5 Å². The van der Waals surface area contributed by atoms with E-state index in [1.54, 1.807) is 0 Å². The summed E-state index contributed by atoms with van der Waals surface area (Å²) in [6, 6.07) is 0. The Morgan fingerprint density at radius 3 is 1.22 bits per heavy atom. The molecule has 0 rings (SSSR count). The minimum atomic E-state index is -1.39. The Kier molecular flexibility index (Phi) is 3.24. The molecule has 0 nitrogen and oxygen atoms in total. The van der Waals surface area contributed by atoms with Gasteiger partial charge in [-0.25, -0.2) is 0 Å². The number of rotatable bonds is 2. The summed E-state index contributed by atoms with van der Waals surface area (Å²) in [6.07, 6.45) is 0. The minimum absolute atomic E-state index is 0.694. The zero-order valence-corrected chi connectivity index (χ0v) is 8.79. The van der Waals surface area contributed by atoms with Crippen LogP contribution in [-0.2, 0) is 0 Å². The van der Waals surface area contributed by atoms with Crippen LogP contribution in [0.4, 0.5) is 0 Å². The first-order valence-electron chi connectivity index (χ1n) is 3.58. The van der Waals surface area contributed by atoms with Gasteiger partial charge in [-0.15, -0.1) is 0 Å². The van der Waals surface area contributed by atoms with Gasteiger partial charge in [-0.3, -0.25) is 0 Å². The van der Waals surface area contributed by atoms with E-state index >= 15 is 0 Å². The fraction of sp³-hybridized carbons (Fsp3) is 1.00. The quantitative estimate of drug-likeness (QED) is 0.432. The third kappa shape index (κ3) is 2.30. The first kappa shape index (κ1) is 9.51. The molecule has 2 heteroatoms. The molecule has 0 atom stereocenters. The Bertz CT molecular complexity index is 76.9. The SMILES string of the molecule is CC(C)[Si](C)(Cl)C(C)C. The Labute approximate surface area is 64.3 Å². The summed E-state index contributed by atoms with van der Waals surface area (Å²) in [7, 11) is -1.39. The first-order chi connectivity index (χ1) is 3.89. The molecule has 0 aromatic heterocycles. The minimum Gasteiger partial charge on any atom is -0.167 e. The maximum absolute atomic E-state index is 6.34. The van der Waals surface area contributed by atoms with Crippen molar-refractivity contribution in [2.24, 2.45) is 0 Å². The van der Waals surface area contributed by atoms with Crippen molar-refractivity contribution in [2.45, 2.75) is 45.3 Å². The lowest BCUT2D eigenvalue weighted by Crippen LogP contribution is -2.30. The van der Waals surface area contributed by atoms with Gasteiger partial charge in [0.25, 0.3) is 0 Å². The standard InChI is InChI=1S/C7H17ClSi/c1-6(2)9(5,8)7(3)4/h6-7H,1-5H3. The van der Waals surface area contributed by atoms with E-state index in [9.17, 15) is 0 Å². The molecule has 0 fully saturated rings. The van der Waals surface area contributed by atoms with Gasteiger partial charge in [0.05, 0.1) is 0 Å². The van der Waals surface area contributed by atoms with Crippen molar-refractivity contribution in [3.63, 3.8) is 0 Å². The lowest BCUT2D eigenvalue weighted by molar-refractivity contribution is 0.930. The van der Waals surface area contributed by atoms with Crippen molar-refractivity contribution in [2.75, 3.05) is 0 Å². The zero-order chi connectivity index (χ0) is 7.65. The van der Waals surface area contributed by atoms with Crippen molar-refractivity contribution in [1.82, 2.24) is 0 Å². The molecule has 0 aromatic rings. The van der Waals surface area contributed by atoms with Crippen LogP contribution in [0.3, 0.4) is 0 Å². The second-order valence-corrected chi connectivity index (χ2v) is 10.5. The summed E-state index contributed by atoms with van der Waals surface area (Å²) >= 11 is 6.34. The Morgan fingerprint density at radius 1 is 1.00 bits per heavy atom. The van der Waals surface area contributed by atoms with Crippen LogP contribution >= 0.6 is 11.1 Å². The molecule has 9 heavy (non-hydrogen) atoms. The normalized spacial score (nSPS) is 13.3. The maximum Gasteiger partial charge on any atom is 0.158 e. The van der Waals surface area contributed by atoms with Gasteiger partial charge in [0.15, 0.2) is 7.38 Å². The molecule has 0 aliphatic heterocycles. The molecule has 0 aromatic carbocycles. The third-order valence-electron chi connectivity index (χ3n) is 2.26. The van der Waals surface area contributed by atoms with E-state index in [1.165, 1.54) is 0 Å². The maximum atomic E-state index is 6.34. The Hall–Kier alpha value is 0.507. The predicted molar refractivity (Wildman–Crippen MR) is 47.7 cm³/mol. The molecule has 56 valence electrons. The number of hydrogen-bond donors (Lipinski definition) is 0. The van der Waals surface area contributed by atoms with Crippen LogP contribution in [0, 0.1) is 0 Å². The van der Waals surface area contributed by atoms with E-state index in [4.69, 9.17) is 11.1 Å². The van der Waals surface area contributed by atoms with Crippen LogP contribution in [0.25, 0.3) is 0 Å². The summed E-state index contributed by atoms with van der Waals surface area (Å²) in [5, 5.41) is 0. The molecular weight excluding hydrogens is 148 g/mol. The summed E-state index contributed by atoms with van der Waals surface area (Å²) in [4.78, 5) is 0. The van der Waals surface area contributed by atoms with Gasteiger partial charge in [0.1, 0.15) is 0 Å². The average molecular weight is 165 g/mol. The first-order valence-corrected chi connectivity index (χ1v) is 7.24. The van der Waals surface area contributed by atoms with Gasteiger partial charge in [0, 0.05) is 0 Å². The molecule has 0 heterocycles. The lowest BCUT2D eigenvalue weighted by Gasteiger charge is -2.27. The van der Waals surface area contributed by atoms with Gasteiger partial charge >= 0.3 is 0 Å². The monoisotopic (exact) mass is 164 g/mol. The van der Waals surface area contributed by atoms with Crippen molar-refractivity contribution < 1.29 is 0 Å². The molecule has 0 bridgehead atoms. The molecular formula is C7H17ClSi. The third-order valence-corrected chi connectivity index (χ3v) is 9.39. The van der Waals surface area contributed by atoms with E-state index in [0.29, 0.717) is 11.1 Å². The van der Waals surface area contributed by atoms with Crippen LogP contribution < -0.4 is 0 Å². The smallest absolute Gasteiger partial charge is 0.158 e. The van der Waals surface area contributed by atoms with Gasteiger partial charge in [-0.05, 0) is 11.1 Å². The van der Waals surface area contributed by atoms with Crippen molar-refractivity contribution in [1.29, 1.82) is 0 Å². The highest BCUT2D eigenvalue weighted by molar-refractivity contribution is 7.21. The van der Waals surface area contributed by atoms with Crippen LogP contribution in [0.15, 0.2) is 0 Å². The average Bonchev–Trinajstić information content (AvgIpc) is 1.65. The Morgan fingerprint density at radius 2 is 1.22 bits per heavy atom. The predicted octanol–water partition coefficient (Wildman–Crippen LogP) is 3.62. The summed E-state index contributed by atoms with van der Waals surface area (Å²) in [5.41, 5.74) is 1.39. The molecule has 0 amide bonds. The van der Waals surface area contributed by atoms with Gasteiger partial charge in [-0.1, -0.05) is 34.2 Å². The van der Waals surface area contributed by atoms with E-state index < -0.39 is 7.38 Å². The van der Waals surface area contributed by atoms with Gasteiger partial charge < -0.3 is 0 Å². The lowest BCUT2D eigenvalue weighted by atomic mass is 10.5. The largest absolute Gasteiger partial charge is 0.167 e. The molecule has 0 spiro atoms. The molecule has 0 aliphatic carbocycles. The van der Waals surface area contributed by atoms with E-state index in [-0.39, 0.29) is 0 Å². The fourth-order valence-electron chi connectivity index (χ4n) is 0.667. The van der Waals surface area contributed by atoms with Crippen LogP contribution in [0.5, 0.6) is 0 Å².